The van der Waals surface area contributed by atoms with Crippen LogP contribution >= 0.6 is 0 Å². The van der Waals surface area contributed by atoms with E-state index in [0.29, 0.717) is 17.9 Å². The van der Waals surface area contributed by atoms with Crippen molar-refractivity contribution in [3.8, 4) is 22.5 Å². The smallest absolute Gasteiger partial charge is 0.407 e. The summed E-state index contributed by atoms with van der Waals surface area (Å²) in [5.74, 6) is 1.48. The lowest BCUT2D eigenvalue weighted by Crippen LogP contribution is -2.44. The van der Waals surface area contributed by atoms with E-state index in [1.165, 1.54) is 13.5 Å². The predicted molar refractivity (Wildman–Crippen MR) is 208 cm³/mol. The Balaban J connectivity index is 0.959. The highest BCUT2D eigenvalue weighted by molar-refractivity contribution is 5.87. The summed E-state index contributed by atoms with van der Waals surface area (Å²) in [5.41, 5.74) is 5.45. The Labute approximate surface area is 321 Å². The lowest BCUT2D eigenvalue weighted by molar-refractivity contribution is -0.139. The number of hydrogen-bond donors (Lipinski definition) is 3. The van der Waals surface area contributed by atoms with E-state index in [1.54, 1.807) is 11.1 Å². The van der Waals surface area contributed by atoms with Gasteiger partial charge in [-0.15, -0.1) is 0 Å². The summed E-state index contributed by atoms with van der Waals surface area (Å²) in [7, 11) is 1.29. The molecule has 3 saturated heterocycles. The molecular formula is C43H48N8O4. The zero-order chi connectivity index (χ0) is 37.7. The number of aromatic nitrogens is 4. The van der Waals surface area contributed by atoms with Crippen LogP contribution in [0.3, 0.4) is 0 Å². The molecule has 5 heterocycles. The SMILES string of the molecule is COC(=O)N[C@@H](C(=O)N1CCC[C@H]1c1ncc(-c2ccc(-c3cnc([C@@H]4CCCN4C(=O)[C@@H](c4ccccc4)N4CCCCC4)[nH]3)cc2)[nH]1)c1ccccc1. The quantitative estimate of drug-likeness (QED) is 0.139. The second kappa shape index (κ2) is 16.3. The van der Waals surface area contributed by atoms with Crippen LogP contribution in [-0.4, -0.2) is 85.8 Å². The van der Waals surface area contributed by atoms with Gasteiger partial charge in [-0.25, -0.2) is 14.8 Å². The average molecular weight is 741 g/mol. The number of H-pyrrole nitrogens is 2. The predicted octanol–water partition coefficient (Wildman–Crippen LogP) is 7.12. The molecule has 0 spiro atoms. The number of rotatable bonds is 10. The fourth-order valence-electron chi connectivity index (χ4n) is 8.52. The van der Waals surface area contributed by atoms with E-state index < -0.39 is 12.1 Å². The average Bonchev–Trinajstić information content (AvgIpc) is 4.08. The van der Waals surface area contributed by atoms with Crippen LogP contribution < -0.4 is 5.32 Å². The van der Waals surface area contributed by atoms with Gasteiger partial charge in [0, 0.05) is 13.1 Å². The molecule has 0 unspecified atom stereocenters. The van der Waals surface area contributed by atoms with Crippen molar-refractivity contribution in [2.75, 3.05) is 33.3 Å². The van der Waals surface area contributed by atoms with Crippen molar-refractivity contribution in [1.29, 1.82) is 0 Å². The number of alkyl carbamates (subject to hydrolysis) is 1. The van der Waals surface area contributed by atoms with Crippen LogP contribution in [-0.2, 0) is 14.3 Å². The molecule has 5 aromatic rings. The molecule has 284 valence electrons. The molecule has 2 aromatic heterocycles. The number of hydrogen-bond acceptors (Lipinski definition) is 7. The minimum atomic E-state index is -0.873. The maximum absolute atomic E-state index is 14.3. The van der Waals surface area contributed by atoms with Gasteiger partial charge in [0.1, 0.15) is 23.7 Å². The highest BCUT2D eigenvalue weighted by atomic mass is 16.5. The van der Waals surface area contributed by atoms with E-state index in [1.807, 2.05) is 71.8 Å². The maximum Gasteiger partial charge on any atom is 0.407 e. The van der Waals surface area contributed by atoms with E-state index in [2.05, 4.69) is 44.5 Å². The molecule has 3 fully saturated rings. The van der Waals surface area contributed by atoms with Gasteiger partial charge in [0.25, 0.3) is 5.91 Å². The number of carbonyl (C=O) groups is 3. The first-order valence-corrected chi connectivity index (χ1v) is 19.5. The minimum absolute atomic E-state index is 0.0961. The second-order valence-electron chi connectivity index (χ2n) is 14.7. The van der Waals surface area contributed by atoms with Crippen molar-refractivity contribution in [2.45, 2.75) is 69.1 Å². The fourth-order valence-corrected chi connectivity index (χ4v) is 8.52. The lowest BCUT2D eigenvalue weighted by Gasteiger charge is -2.37. The molecule has 8 rings (SSSR count). The van der Waals surface area contributed by atoms with Crippen molar-refractivity contribution in [3.05, 3.63) is 120 Å². The van der Waals surface area contributed by atoms with Crippen LogP contribution in [0.5, 0.6) is 0 Å². The van der Waals surface area contributed by atoms with Crippen LogP contribution in [0.4, 0.5) is 4.79 Å². The topological polar surface area (TPSA) is 140 Å². The second-order valence-corrected chi connectivity index (χ2v) is 14.7. The van der Waals surface area contributed by atoms with Gasteiger partial charge in [-0.05, 0) is 73.9 Å². The van der Waals surface area contributed by atoms with Gasteiger partial charge in [-0.2, -0.15) is 0 Å². The Kier molecular flexibility index (Phi) is 10.8. The number of amides is 3. The third-order valence-corrected chi connectivity index (χ3v) is 11.3. The van der Waals surface area contributed by atoms with Crippen LogP contribution in [0.15, 0.2) is 97.3 Å². The largest absolute Gasteiger partial charge is 0.453 e. The van der Waals surface area contributed by atoms with Gasteiger partial charge in [0.15, 0.2) is 0 Å². The van der Waals surface area contributed by atoms with Gasteiger partial charge in [0.2, 0.25) is 5.91 Å². The number of benzene rings is 3. The van der Waals surface area contributed by atoms with E-state index >= 15 is 0 Å². The number of nitrogens with zero attached hydrogens (tertiary/aromatic N) is 5. The standard InChI is InChI=1S/C43H48N8O4/c1-55-43(54)48-37(31-13-5-2-6-14-31)41(52)50-25-11-17-35(50)39-44-27-33(46-39)29-19-21-30(22-20-29)34-28-45-40(47-34)36-18-12-26-51(36)42(53)38(32-15-7-3-8-16-32)49-23-9-4-10-24-49/h2-3,5-8,13-16,19-22,27-28,35-38H,4,9-12,17-18,23-26H2,1H3,(H,44,46)(H,45,47)(H,48,54)/t35-,36-,37+,38+/m0/s1. The molecule has 55 heavy (non-hydrogen) atoms. The minimum Gasteiger partial charge on any atom is -0.453 e. The van der Waals surface area contributed by atoms with Crippen LogP contribution in [0.25, 0.3) is 22.5 Å². The summed E-state index contributed by atoms with van der Waals surface area (Å²) in [6.45, 7) is 3.16. The molecule has 12 heteroatoms. The van der Waals surface area contributed by atoms with Gasteiger partial charge in [-0.1, -0.05) is 91.3 Å². The van der Waals surface area contributed by atoms with Crippen molar-refractivity contribution < 1.29 is 19.1 Å². The zero-order valence-corrected chi connectivity index (χ0v) is 31.2. The number of nitrogens with one attached hydrogen (secondary N) is 3. The summed E-state index contributed by atoms with van der Waals surface area (Å²) in [6.07, 6.45) is 9.86. The summed E-state index contributed by atoms with van der Waals surface area (Å²) >= 11 is 0. The van der Waals surface area contributed by atoms with Gasteiger partial charge >= 0.3 is 6.09 Å². The Morgan fingerprint density at radius 3 is 1.69 bits per heavy atom. The third-order valence-electron chi connectivity index (χ3n) is 11.3. The molecule has 4 atom stereocenters. The monoisotopic (exact) mass is 740 g/mol. The van der Waals surface area contributed by atoms with Crippen LogP contribution in [0.2, 0.25) is 0 Å². The number of carbonyl (C=O) groups excluding carboxylic acids is 3. The molecule has 3 amide bonds. The summed E-state index contributed by atoms with van der Waals surface area (Å²) in [6, 6.07) is 26.1. The third kappa shape index (κ3) is 7.64. The Hall–Kier alpha value is -5.75. The molecule has 0 radical (unpaired) electrons. The number of likely N-dealkylation sites (tertiary alicyclic amines) is 3. The first kappa shape index (κ1) is 36.2. The lowest BCUT2D eigenvalue weighted by atomic mass is 10.00. The van der Waals surface area contributed by atoms with E-state index in [0.717, 1.165) is 92.1 Å². The zero-order valence-electron chi connectivity index (χ0n) is 31.2. The number of methoxy groups -OCH3 is 1. The van der Waals surface area contributed by atoms with E-state index in [-0.39, 0.29) is 29.9 Å². The van der Waals surface area contributed by atoms with E-state index in [9.17, 15) is 14.4 Å². The molecule has 0 saturated carbocycles. The first-order valence-electron chi connectivity index (χ1n) is 19.5. The van der Waals surface area contributed by atoms with Crippen molar-refractivity contribution >= 4 is 17.9 Å². The maximum atomic E-state index is 14.3. The van der Waals surface area contributed by atoms with Crippen LogP contribution in [0, 0.1) is 0 Å². The summed E-state index contributed by atoms with van der Waals surface area (Å²) in [4.78, 5) is 63.2. The molecule has 3 aliphatic rings. The van der Waals surface area contributed by atoms with E-state index in [4.69, 9.17) is 14.7 Å². The molecule has 0 aliphatic carbocycles. The van der Waals surface area contributed by atoms with Gasteiger partial charge < -0.3 is 29.8 Å². The van der Waals surface area contributed by atoms with Crippen LogP contribution in [0.1, 0.15) is 91.9 Å². The van der Waals surface area contributed by atoms with Crippen molar-refractivity contribution in [3.63, 3.8) is 0 Å². The Morgan fingerprint density at radius 2 is 1.16 bits per heavy atom. The Morgan fingerprint density at radius 1 is 0.655 bits per heavy atom. The highest BCUT2D eigenvalue weighted by Gasteiger charge is 2.39. The molecular weight excluding hydrogens is 693 g/mol. The molecule has 3 N–H and O–H groups in total. The summed E-state index contributed by atoms with van der Waals surface area (Å²) < 4.78 is 4.83. The number of imidazole rings is 2. The normalized spacial score (nSPS) is 19.9. The van der Waals surface area contributed by atoms with Crippen molar-refractivity contribution in [2.24, 2.45) is 0 Å². The summed E-state index contributed by atoms with van der Waals surface area (Å²) in [5, 5.41) is 2.72. The number of piperidine rings is 1. The Bertz CT molecular complexity index is 2080. The van der Waals surface area contributed by atoms with Crippen molar-refractivity contribution in [1.82, 2.24) is 40.0 Å². The fraction of sp³-hybridized carbons (Fsp3) is 0.372. The first-order chi connectivity index (χ1) is 27.0. The number of ether oxygens (including phenoxy) is 1. The van der Waals surface area contributed by atoms with Gasteiger partial charge in [-0.3, -0.25) is 14.5 Å². The molecule has 3 aliphatic heterocycles. The van der Waals surface area contributed by atoms with Gasteiger partial charge in [0.05, 0.1) is 43.0 Å². The molecule has 12 nitrogen and oxygen atoms in total. The molecule has 0 bridgehead atoms. The highest BCUT2D eigenvalue weighted by Crippen LogP contribution is 2.37. The number of aromatic amines is 2. The molecule has 3 aromatic carbocycles.